The number of nitriles is 1. The van der Waals surface area contributed by atoms with E-state index in [-0.39, 0.29) is 12.3 Å². The van der Waals surface area contributed by atoms with Gasteiger partial charge in [-0.25, -0.2) is 0 Å². The zero-order valence-electron chi connectivity index (χ0n) is 5.23. The van der Waals surface area contributed by atoms with Crippen molar-refractivity contribution in [1.29, 1.82) is 5.26 Å². The summed E-state index contributed by atoms with van der Waals surface area (Å²) in [5.41, 5.74) is 0.272. The minimum absolute atomic E-state index is 0.0143. The van der Waals surface area contributed by atoms with Crippen molar-refractivity contribution in [2.24, 2.45) is 0 Å². The summed E-state index contributed by atoms with van der Waals surface area (Å²) in [7, 11) is 0. The highest BCUT2D eigenvalue weighted by atomic mass is 16.3. The van der Waals surface area contributed by atoms with E-state index < -0.39 is 0 Å². The van der Waals surface area contributed by atoms with Crippen molar-refractivity contribution in [2.75, 3.05) is 6.61 Å². The van der Waals surface area contributed by atoms with E-state index in [4.69, 9.17) is 10.4 Å². The lowest BCUT2D eigenvalue weighted by atomic mass is 10.6. The van der Waals surface area contributed by atoms with Crippen molar-refractivity contribution < 1.29 is 5.11 Å². The summed E-state index contributed by atoms with van der Waals surface area (Å²) < 4.78 is 0. The number of hydrogen-bond donors (Lipinski definition) is 1. The number of aliphatic hydroxyl groups is 1. The Morgan fingerprint density at radius 2 is 2.60 bits per heavy atom. The van der Waals surface area contributed by atoms with Crippen molar-refractivity contribution in [3.05, 3.63) is 11.9 Å². The highest BCUT2D eigenvalue weighted by molar-refractivity contribution is 5.12. The van der Waals surface area contributed by atoms with Crippen LogP contribution < -0.4 is 0 Å². The third kappa shape index (κ3) is 1.30. The van der Waals surface area contributed by atoms with Gasteiger partial charge in [0.05, 0.1) is 19.3 Å². The van der Waals surface area contributed by atoms with E-state index in [1.165, 1.54) is 11.0 Å². The first-order chi connectivity index (χ1) is 4.86. The summed E-state index contributed by atoms with van der Waals surface area (Å²) in [6, 6.07) is 1.83. The first-order valence-corrected chi connectivity index (χ1v) is 2.78. The minimum Gasteiger partial charge on any atom is -0.394 e. The van der Waals surface area contributed by atoms with Gasteiger partial charge in [0.2, 0.25) is 0 Å². The average Bonchev–Trinajstić information content (AvgIpc) is 2.37. The van der Waals surface area contributed by atoms with E-state index in [1.807, 2.05) is 6.07 Å². The average molecular weight is 138 g/mol. The van der Waals surface area contributed by atoms with Gasteiger partial charge in [-0.15, -0.1) is 5.10 Å². The van der Waals surface area contributed by atoms with Crippen LogP contribution in [0.25, 0.3) is 0 Å². The van der Waals surface area contributed by atoms with Crippen LogP contribution in [0.3, 0.4) is 0 Å². The molecule has 1 aromatic rings. The molecule has 0 aliphatic heterocycles. The molecular weight excluding hydrogens is 132 g/mol. The lowest BCUT2D eigenvalue weighted by Crippen LogP contribution is -2.05. The summed E-state index contributed by atoms with van der Waals surface area (Å²) in [5.74, 6) is 0. The van der Waals surface area contributed by atoms with Crippen molar-refractivity contribution in [1.82, 2.24) is 15.0 Å². The number of rotatable bonds is 2. The van der Waals surface area contributed by atoms with Gasteiger partial charge in [0.1, 0.15) is 6.07 Å². The molecule has 0 aliphatic carbocycles. The highest BCUT2D eigenvalue weighted by Crippen LogP contribution is 1.86. The predicted molar refractivity (Wildman–Crippen MR) is 31.8 cm³/mol. The molecule has 1 aromatic heterocycles. The van der Waals surface area contributed by atoms with Crippen LogP contribution in [-0.4, -0.2) is 26.7 Å². The van der Waals surface area contributed by atoms with Gasteiger partial charge in [0.25, 0.3) is 0 Å². The summed E-state index contributed by atoms with van der Waals surface area (Å²) in [4.78, 5) is 1.28. The Kier molecular flexibility index (Phi) is 1.97. The fraction of sp³-hybridized carbons (Fsp3) is 0.400. The molecule has 10 heavy (non-hydrogen) atoms. The Balaban J connectivity index is 2.71. The van der Waals surface area contributed by atoms with Crippen LogP contribution in [0, 0.1) is 11.3 Å². The minimum atomic E-state index is -0.0143. The van der Waals surface area contributed by atoms with E-state index in [9.17, 15) is 0 Å². The molecule has 5 heteroatoms. The summed E-state index contributed by atoms with van der Waals surface area (Å²) in [5, 5.41) is 24.1. The van der Waals surface area contributed by atoms with E-state index in [1.54, 1.807) is 0 Å². The van der Waals surface area contributed by atoms with E-state index >= 15 is 0 Å². The van der Waals surface area contributed by atoms with Gasteiger partial charge in [-0.1, -0.05) is 0 Å². The van der Waals surface area contributed by atoms with Crippen LogP contribution in [-0.2, 0) is 6.54 Å². The monoisotopic (exact) mass is 138 g/mol. The standard InChI is InChI=1S/C5H6N4O/c6-3-5-4-7-9(8-5)1-2-10/h4,10H,1-2H2. The van der Waals surface area contributed by atoms with Crippen molar-refractivity contribution in [3.8, 4) is 6.07 Å². The maximum atomic E-state index is 8.42. The van der Waals surface area contributed by atoms with E-state index in [0.717, 1.165) is 0 Å². The molecule has 52 valence electrons. The topological polar surface area (TPSA) is 74.7 Å². The first-order valence-electron chi connectivity index (χ1n) is 2.78. The zero-order valence-corrected chi connectivity index (χ0v) is 5.23. The molecule has 0 aromatic carbocycles. The molecule has 1 heterocycles. The van der Waals surface area contributed by atoms with Crippen LogP contribution in [0.4, 0.5) is 0 Å². The van der Waals surface area contributed by atoms with Gasteiger partial charge in [0.15, 0.2) is 5.69 Å². The normalized spacial score (nSPS) is 9.20. The number of aliphatic hydroxyl groups excluding tert-OH is 1. The van der Waals surface area contributed by atoms with Crippen LogP contribution in [0.15, 0.2) is 6.20 Å². The first kappa shape index (κ1) is 6.71. The molecule has 0 aliphatic rings. The Labute approximate surface area is 57.5 Å². The number of hydrogen-bond acceptors (Lipinski definition) is 4. The maximum absolute atomic E-state index is 8.42. The molecule has 0 bridgehead atoms. The van der Waals surface area contributed by atoms with Crippen LogP contribution in [0.5, 0.6) is 0 Å². The molecular formula is C5H6N4O. The molecule has 1 N–H and O–H groups in total. The van der Waals surface area contributed by atoms with Crippen molar-refractivity contribution >= 4 is 0 Å². The third-order valence-corrected chi connectivity index (χ3v) is 0.951. The summed E-state index contributed by atoms with van der Waals surface area (Å²) >= 11 is 0. The molecule has 0 saturated heterocycles. The van der Waals surface area contributed by atoms with E-state index in [2.05, 4.69) is 10.2 Å². The lowest BCUT2D eigenvalue weighted by Gasteiger charge is -1.90. The van der Waals surface area contributed by atoms with Gasteiger partial charge in [-0.2, -0.15) is 15.2 Å². The maximum Gasteiger partial charge on any atom is 0.182 e. The fourth-order valence-corrected chi connectivity index (χ4v) is 0.546. The van der Waals surface area contributed by atoms with Gasteiger partial charge in [0, 0.05) is 0 Å². The van der Waals surface area contributed by atoms with E-state index in [0.29, 0.717) is 6.54 Å². The SMILES string of the molecule is N#Cc1cnn(CCO)n1. The summed E-state index contributed by atoms with van der Waals surface area (Å²) in [6.45, 7) is 0.321. The van der Waals surface area contributed by atoms with Crippen LogP contribution >= 0.6 is 0 Å². The molecule has 0 atom stereocenters. The molecule has 5 nitrogen and oxygen atoms in total. The number of aromatic nitrogens is 3. The quantitative estimate of drug-likeness (QED) is 0.577. The smallest absolute Gasteiger partial charge is 0.182 e. The largest absolute Gasteiger partial charge is 0.394 e. The molecule has 0 unspecified atom stereocenters. The second-order valence-electron chi connectivity index (χ2n) is 1.66. The molecule has 0 amide bonds. The van der Waals surface area contributed by atoms with Crippen molar-refractivity contribution in [2.45, 2.75) is 6.54 Å². The number of nitrogens with zero attached hydrogens (tertiary/aromatic N) is 4. The lowest BCUT2D eigenvalue weighted by molar-refractivity contribution is 0.260. The molecule has 0 fully saturated rings. The Hall–Kier alpha value is -1.41. The molecule has 0 radical (unpaired) electrons. The van der Waals surface area contributed by atoms with Crippen molar-refractivity contribution in [3.63, 3.8) is 0 Å². The highest BCUT2D eigenvalue weighted by Gasteiger charge is 1.95. The molecule has 1 rings (SSSR count). The zero-order chi connectivity index (χ0) is 7.40. The van der Waals surface area contributed by atoms with Gasteiger partial charge < -0.3 is 5.11 Å². The van der Waals surface area contributed by atoms with Gasteiger partial charge in [-0.3, -0.25) is 0 Å². The fourth-order valence-electron chi connectivity index (χ4n) is 0.546. The molecule has 0 spiro atoms. The second-order valence-corrected chi connectivity index (χ2v) is 1.66. The summed E-state index contributed by atoms with van der Waals surface area (Å²) in [6.07, 6.45) is 1.36. The van der Waals surface area contributed by atoms with Gasteiger partial charge >= 0.3 is 0 Å². The predicted octanol–water partition coefficient (Wildman–Crippen LogP) is -0.858. The Morgan fingerprint density at radius 1 is 1.80 bits per heavy atom. The molecule has 0 saturated carbocycles. The van der Waals surface area contributed by atoms with Crippen LogP contribution in [0.1, 0.15) is 5.69 Å². The Bertz CT molecular complexity index is 248. The third-order valence-electron chi connectivity index (χ3n) is 0.951. The van der Waals surface area contributed by atoms with Crippen LogP contribution in [0.2, 0.25) is 0 Å². The van der Waals surface area contributed by atoms with Gasteiger partial charge in [-0.05, 0) is 0 Å². The second kappa shape index (κ2) is 2.94. The Morgan fingerprint density at radius 3 is 3.10 bits per heavy atom.